The van der Waals surface area contributed by atoms with Gasteiger partial charge in [0, 0.05) is 17.6 Å². The standard InChI is InChI=1S/C11H15N5OS2/c1-3-4-12-11-16-15-10(19-11)9(17)14-6-8-13-5-7(2)18-8/h5H,3-4,6H2,1-2H3,(H,12,16)(H,14,17). The van der Waals surface area contributed by atoms with E-state index in [-0.39, 0.29) is 5.91 Å². The van der Waals surface area contributed by atoms with E-state index in [1.165, 1.54) is 11.3 Å². The zero-order chi connectivity index (χ0) is 13.7. The SMILES string of the molecule is CCCNc1nnc(C(=O)NCc2ncc(C)s2)s1. The molecule has 2 aromatic heterocycles. The van der Waals surface area contributed by atoms with E-state index in [0.29, 0.717) is 16.7 Å². The summed E-state index contributed by atoms with van der Waals surface area (Å²) in [4.78, 5) is 17.2. The van der Waals surface area contributed by atoms with Crippen LogP contribution in [0.1, 0.15) is 33.0 Å². The third-order valence-electron chi connectivity index (χ3n) is 2.21. The van der Waals surface area contributed by atoms with Crippen molar-refractivity contribution in [2.45, 2.75) is 26.8 Å². The summed E-state index contributed by atoms with van der Waals surface area (Å²) in [7, 11) is 0. The minimum Gasteiger partial charge on any atom is -0.360 e. The van der Waals surface area contributed by atoms with Gasteiger partial charge in [0.15, 0.2) is 0 Å². The highest BCUT2D eigenvalue weighted by Gasteiger charge is 2.12. The van der Waals surface area contributed by atoms with Gasteiger partial charge in [0.2, 0.25) is 10.1 Å². The Kier molecular flexibility index (Phi) is 4.80. The maximum Gasteiger partial charge on any atom is 0.282 e. The topological polar surface area (TPSA) is 79.8 Å². The quantitative estimate of drug-likeness (QED) is 0.853. The summed E-state index contributed by atoms with van der Waals surface area (Å²) in [6.45, 7) is 5.31. The van der Waals surface area contributed by atoms with E-state index in [0.717, 1.165) is 22.9 Å². The summed E-state index contributed by atoms with van der Waals surface area (Å²) in [5, 5.41) is 15.6. The molecule has 0 saturated heterocycles. The zero-order valence-electron chi connectivity index (χ0n) is 10.8. The number of hydrogen-bond acceptors (Lipinski definition) is 7. The van der Waals surface area contributed by atoms with E-state index in [9.17, 15) is 4.79 Å². The molecule has 0 fully saturated rings. The number of rotatable bonds is 6. The Morgan fingerprint density at radius 1 is 1.37 bits per heavy atom. The monoisotopic (exact) mass is 297 g/mol. The van der Waals surface area contributed by atoms with Gasteiger partial charge < -0.3 is 10.6 Å². The van der Waals surface area contributed by atoms with Crippen LogP contribution in [0.2, 0.25) is 0 Å². The van der Waals surface area contributed by atoms with E-state index < -0.39 is 0 Å². The summed E-state index contributed by atoms with van der Waals surface area (Å²) in [6.07, 6.45) is 2.80. The van der Waals surface area contributed by atoms with Crippen molar-refractivity contribution in [1.82, 2.24) is 20.5 Å². The molecule has 102 valence electrons. The maximum absolute atomic E-state index is 11.9. The lowest BCUT2D eigenvalue weighted by molar-refractivity contribution is 0.0950. The molecule has 0 radical (unpaired) electrons. The molecule has 0 unspecified atom stereocenters. The smallest absolute Gasteiger partial charge is 0.282 e. The third kappa shape index (κ3) is 3.97. The second-order valence-electron chi connectivity index (χ2n) is 3.89. The van der Waals surface area contributed by atoms with E-state index >= 15 is 0 Å². The van der Waals surface area contributed by atoms with Gasteiger partial charge >= 0.3 is 0 Å². The number of amides is 1. The molecule has 0 spiro atoms. The summed E-state index contributed by atoms with van der Waals surface area (Å²) in [5.41, 5.74) is 0. The number of nitrogens with zero attached hydrogens (tertiary/aromatic N) is 3. The van der Waals surface area contributed by atoms with Crippen LogP contribution >= 0.6 is 22.7 Å². The fourth-order valence-corrected chi connectivity index (χ4v) is 2.75. The van der Waals surface area contributed by atoms with E-state index in [1.807, 2.05) is 6.92 Å². The maximum atomic E-state index is 11.9. The molecular formula is C11H15N5OS2. The van der Waals surface area contributed by atoms with Crippen molar-refractivity contribution in [3.8, 4) is 0 Å². The number of anilines is 1. The summed E-state index contributed by atoms with van der Waals surface area (Å²) < 4.78 is 0. The van der Waals surface area contributed by atoms with Gasteiger partial charge in [0.1, 0.15) is 5.01 Å². The molecule has 0 bridgehead atoms. The lowest BCUT2D eigenvalue weighted by Crippen LogP contribution is -2.22. The number of hydrogen-bond donors (Lipinski definition) is 2. The Balaban J connectivity index is 1.87. The van der Waals surface area contributed by atoms with E-state index in [2.05, 4.69) is 32.7 Å². The van der Waals surface area contributed by atoms with Crippen molar-refractivity contribution >= 4 is 33.7 Å². The predicted molar refractivity (Wildman–Crippen MR) is 76.7 cm³/mol. The van der Waals surface area contributed by atoms with E-state index in [4.69, 9.17) is 0 Å². The van der Waals surface area contributed by atoms with E-state index in [1.54, 1.807) is 17.5 Å². The first-order valence-corrected chi connectivity index (χ1v) is 7.59. The van der Waals surface area contributed by atoms with Gasteiger partial charge in [-0.2, -0.15) is 0 Å². The molecule has 8 heteroatoms. The highest BCUT2D eigenvalue weighted by molar-refractivity contribution is 7.17. The third-order valence-corrected chi connectivity index (χ3v) is 4.01. The van der Waals surface area contributed by atoms with Crippen LogP contribution in [0.25, 0.3) is 0 Å². The second kappa shape index (κ2) is 6.58. The normalized spacial score (nSPS) is 10.4. The van der Waals surface area contributed by atoms with Gasteiger partial charge in [-0.3, -0.25) is 4.79 Å². The van der Waals surface area contributed by atoms with Crippen LogP contribution in [-0.4, -0.2) is 27.6 Å². The molecule has 0 saturated carbocycles. The molecule has 2 rings (SSSR count). The van der Waals surface area contributed by atoms with Crippen LogP contribution < -0.4 is 10.6 Å². The number of carbonyl (C=O) groups is 1. The summed E-state index contributed by atoms with van der Waals surface area (Å²) in [5.74, 6) is -0.213. The van der Waals surface area contributed by atoms with Crippen LogP contribution in [-0.2, 0) is 6.54 Å². The first kappa shape index (κ1) is 13.9. The number of thiazole rings is 1. The lowest BCUT2D eigenvalue weighted by Gasteiger charge is -1.98. The van der Waals surface area contributed by atoms with Crippen LogP contribution in [0, 0.1) is 6.92 Å². The van der Waals surface area contributed by atoms with Crippen LogP contribution in [0.4, 0.5) is 5.13 Å². The average Bonchev–Trinajstić information content (AvgIpc) is 3.02. The molecule has 6 nitrogen and oxygen atoms in total. The van der Waals surface area contributed by atoms with Gasteiger partial charge in [-0.1, -0.05) is 18.3 Å². The van der Waals surface area contributed by atoms with Crippen molar-refractivity contribution in [1.29, 1.82) is 0 Å². The number of aromatic nitrogens is 3. The molecule has 0 atom stereocenters. The molecule has 0 aliphatic rings. The van der Waals surface area contributed by atoms with Crippen molar-refractivity contribution < 1.29 is 4.79 Å². The Bertz CT molecular complexity index is 551. The minimum absolute atomic E-state index is 0.213. The number of carbonyl (C=O) groups excluding carboxylic acids is 1. The Morgan fingerprint density at radius 3 is 2.89 bits per heavy atom. The van der Waals surface area contributed by atoms with Crippen LogP contribution in [0.3, 0.4) is 0 Å². The molecular weight excluding hydrogens is 282 g/mol. The van der Waals surface area contributed by atoms with Gasteiger partial charge in [-0.15, -0.1) is 21.5 Å². The van der Waals surface area contributed by atoms with Crippen molar-refractivity contribution in [3.05, 3.63) is 21.1 Å². The average molecular weight is 297 g/mol. The van der Waals surface area contributed by atoms with Crippen molar-refractivity contribution in [2.75, 3.05) is 11.9 Å². The predicted octanol–water partition coefficient (Wildman–Crippen LogP) is 2.05. The van der Waals surface area contributed by atoms with Crippen LogP contribution in [0.15, 0.2) is 6.20 Å². The first-order chi connectivity index (χ1) is 9.19. The largest absolute Gasteiger partial charge is 0.360 e. The highest BCUT2D eigenvalue weighted by Crippen LogP contribution is 2.15. The lowest BCUT2D eigenvalue weighted by atomic mass is 10.5. The zero-order valence-corrected chi connectivity index (χ0v) is 12.4. The fourth-order valence-electron chi connectivity index (χ4n) is 1.33. The summed E-state index contributed by atoms with van der Waals surface area (Å²) in [6, 6.07) is 0. The van der Waals surface area contributed by atoms with Crippen molar-refractivity contribution in [2.24, 2.45) is 0 Å². The molecule has 2 aromatic rings. The van der Waals surface area contributed by atoms with Crippen molar-refractivity contribution in [3.63, 3.8) is 0 Å². The van der Waals surface area contributed by atoms with Gasteiger partial charge in [-0.05, 0) is 13.3 Å². The molecule has 0 aliphatic carbocycles. The summed E-state index contributed by atoms with van der Waals surface area (Å²) >= 11 is 2.83. The molecule has 0 aromatic carbocycles. The number of aryl methyl sites for hydroxylation is 1. The minimum atomic E-state index is -0.213. The number of nitrogens with one attached hydrogen (secondary N) is 2. The molecule has 19 heavy (non-hydrogen) atoms. The second-order valence-corrected chi connectivity index (χ2v) is 6.18. The Labute approximate surface area is 119 Å². The highest BCUT2D eigenvalue weighted by atomic mass is 32.1. The molecule has 0 aliphatic heterocycles. The fraction of sp³-hybridized carbons (Fsp3) is 0.455. The Morgan fingerprint density at radius 2 is 2.21 bits per heavy atom. The first-order valence-electron chi connectivity index (χ1n) is 5.96. The van der Waals surface area contributed by atoms with Crippen LogP contribution in [0.5, 0.6) is 0 Å². The molecule has 1 amide bonds. The van der Waals surface area contributed by atoms with Gasteiger partial charge in [0.05, 0.1) is 6.54 Å². The molecule has 2 N–H and O–H groups in total. The Hall–Kier alpha value is -1.54. The molecule has 2 heterocycles. The van der Waals surface area contributed by atoms with Gasteiger partial charge in [-0.25, -0.2) is 4.98 Å². The van der Waals surface area contributed by atoms with Gasteiger partial charge in [0.25, 0.3) is 5.91 Å².